The minimum atomic E-state index is -4.58. The van der Waals surface area contributed by atoms with E-state index in [0.717, 1.165) is 51.0 Å². The van der Waals surface area contributed by atoms with E-state index in [1.165, 1.54) is 154 Å². The normalized spacial score (nSPS) is 11.8. The molecule has 0 saturated heterocycles. The monoisotopic (exact) mass is 718 g/mol. The second kappa shape index (κ2) is 40.1. The van der Waals surface area contributed by atoms with Crippen LogP contribution in [0.3, 0.4) is 0 Å². The molecule has 0 unspecified atom stereocenters. The van der Waals surface area contributed by atoms with Crippen molar-refractivity contribution in [3.05, 3.63) is 24.7 Å². The predicted octanol–water partition coefficient (Wildman–Crippen LogP) is 11.3. The molecule has 0 aromatic carbocycles. The molecule has 0 bridgehead atoms. The minimum Gasteiger partial charge on any atom is -0.716 e. The SMILES string of the molecule is CCCCCCCCCCCCCCCC/C=C/OS(=O)(=O)[O-].CCCCCCCCCCCCCCCC/C=C/OS(=O)(=O)[O-].[Mg+2]. The van der Waals surface area contributed by atoms with Gasteiger partial charge in [0.25, 0.3) is 20.8 Å². The molecule has 0 N–H and O–H groups in total. The summed E-state index contributed by atoms with van der Waals surface area (Å²) in [5.74, 6) is 0. The summed E-state index contributed by atoms with van der Waals surface area (Å²) in [6, 6.07) is 0. The van der Waals surface area contributed by atoms with Crippen molar-refractivity contribution >= 4 is 43.9 Å². The second-order valence-electron chi connectivity index (χ2n) is 12.5. The molecule has 0 fully saturated rings. The van der Waals surface area contributed by atoms with Crippen molar-refractivity contribution in [1.29, 1.82) is 0 Å². The number of unbranched alkanes of at least 4 members (excludes halogenated alkanes) is 28. The van der Waals surface area contributed by atoms with E-state index in [0.29, 0.717) is 0 Å². The summed E-state index contributed by atoms with van der Waals surface area (Å²) in [5, 5.41) is 0. The summed E-state index contributed by atoms with van der Waals surface area (Å²) < 4.78 is 68.9. The number of hydrogen-bond donors (Lipinski definition) is 0. The molecule has 0 rings (SSSR count). The molecule has 0 radical (unpaired) electrons. The Morgan fingerprint density at radius 1 is 0.383 bits per heavy atom. The van der Waals surface area contributed by atoms with Crippen molar-refractivity contribution in [3.8, 4) is 0 Å². The molecular formula is C36H70MgO8S2. The Balaban J connectivity index is -0.000000807. The van der Waals surface area contributed by atoms with Crippen LogP contribution in [-0.4, -0.2) is 49.0 Å². The Morgan fingerprint density at radius 2 is 0.574 bits per heavy atom. The molecule has 0 heterocycles. The first-order chi connectivity index (χ1) is 22.1. The molecule has 47 heavy (non-hydrogen) atoms. The van der Waals surface area contributed by atoms with Gasteiger partial charge in [0.2, 0.25) is 0 Å². The van der Waals surface area contributed by atoms with Gasteiger partial charge >= 0.3 is 23.1 Å². The van der Waals surface area contributed by atoms with Gasteiger partial charge in [0.1, 0.15) is 12.5 Å². The van der Waals surface area contributed by atoms with Gasteiger partial charge < -0.3 is 17.5 Å². The first-order valence-electron chi connectivity index (χ1n) is 18.7. The summed E-state index contributed by atoms with van der Waals surface area (Å²) >= 11 is 0. The van der Waals surface area contributed by atoms with Gasteiger partial charge in [-0.05, 0) is 37.8 Å². The first kappa shape index (κ1) is 51.0. The third-order valence-electron chi connectivity index (χ3n) is 7.99. The van der Waals surface area contributed by atoms with Crippen molar-refractivity contribution in [2.75, 3.05) is 0 Å². The van der Waals surface area contributed by atoms with Gasteiger partial charge in [-0.1, -0.05) is 181 Å². The standard InChI is InChI=1S/2C18H36O4S.Mg/c2*1-2-3-4-5-6-7-8-9-10-11-12-13-14-15-16-17-18-22-23(19,20)21;/h2*17-18H,2-16H2,1H3,(H,19,20,21);/q;;+2/p-2/b2*18-17+;. The smallest absolute Gasteiger partial charge is 0.716 e. The van der Waals surface area contributed by atoms with E-state index >= 15 is 0 Å². The number of hydrogen-bond acceptors (Lipinski definition) is 8. The zero-order chi connectivity index (χ0) is 34.5. The van der Waals surface area contributed by atoms with E-state index in [9.17, 15) is 25.9 Å². The topological polar surface area (TPSA) is 133 Å². The van der Waals surface area contributed by atoms with Crippen LogP contribution in [-0.2, 0) is 29.2 Å². The van der Waals surface area contributed by atoms with E-state index in [4.69, 9.17) is 0 Å². The zero-order valence-electron chi connectivity index (χ0n) is 30.3. The maximum atomic E-state index is 10.2. The maximum absolute atomic E-state index is 10.2. The van der Waals surface area contributed by atoms with E-state index in [1.807, 2.05) is 0 Å². The zero-order valence-corrected chi connectivity index (χ0v) is 33.4. The van der Waals surface area contributed by atoms with Crippen LogP contribution in [0.5, 0.6) is 0 Å². The van der Waals surface area contributed by atoms with Crippen LogP contribution in [0, 0.1) is 0 Å². The van der Waals surface area contributed by atoms with Crippen LogP contribution in [0.1, 0.15) is 206 Å². The molecule has 0 aliphatic heterocycles. The molecular weight excluding hydrogens is 649 g/mol. The fraction of sp³-hybridized carbons (Fsp3) is 0.889. The predicted molar refractivity (Wildman–Crippen MR) is 195 cm³/mol. The van der Waals surface area contributed by atoms with Crippen molar-refractivity contribution in [2.24, 2.45) is 0 Å². The van der Waals surface area contributed by atoms with Gasteiger partial charge in [-0.25, -0.2) is 16.8 Å². The minimum absolute atomic E-state index is 0. The molecule has 0 amide bonds. The first-order valence-corrected chi connectivity index (χ1v) is 21.4. The fourth-order valence-corrected chi connectivity index (χ4v) is 5.69. The third-order valence-corrected chi connectivity index (χ3v) is 8.68. The summed E-state index contributed by atoms with van der Waals surface area (Å²) in [6.07, 6.45) is 43.5. The Labute approximate surface area is 307 Å². The van der Waals surface area contributed by atoms with Crippen molar-refractivity contribution in [1.82, 2.24) is 0 Å². The summed E-state index contributed by atoms with van der Waals surface area (Å²) in [6.45, 7) is 4.51. The van der Waals surface area contributed by atoms with Crippen molar-refractivity contribution in [3.63, 3.8) is 0 Å². The Kier molecular flexibility index (Phi) is 43.5. The van der Waals surface area contributed by atoms with Gasteiger partial charge in [0, 0.05) is 0 Å². The summed E-state index contributed by atoms with van der Waals surface area (Å²) in [4.78, 5) is 0. The number of rotatable bonds is 34. The van der Waals surface area contributed by atoms with Crippen LogP contribution < -0.4 is 0 Å². The molecule has 0 aliphatic carbocycles. The van der Waals surface area contributed by atoms with E-state index in [2.05, 4.69) is 22.2 Å². The van der Waals surface area contributed by atoms with Crippen LogP contribution in [0.25, 0.3) is 0 Å². The second-order valence-corrected chi connectivity index (χ2v) is 14.5. The Bertz CT molecular complexity index is 805. The van der Waals surface area contributed by atoms with E-state index in [-0.39, 0.29) is 23.1 Å². The average molecular weight is 719 g/mol. The molecule has 0 aromatic heterocycles. The molecule has 0 aromatic rings. The molecule has 0 spiro atoms. The average Bonchev–Trinajstić information content (AvgIpc) is 2.99. The van der Waals surface area contributed by atoms with Crippen molar-refractivity contribution < 1.29 is 34.3 Å². The molecule has 0 atom stereocenters. The molecule has 0 saturated carbocycles. The summed E-state index contributed by atoms with van der Waals surface area (Å²) in [5.41, 5.74) is 0. The van der Waals surface area contributed by atoms with Crippen LogP contribution in [0.15, 0.2) is 24.7 Å². The van der Waals surface area contributed by atoms with E-state index in [1.54, 1.807) is 12.2 Å². The largest absolute Gasteiger partial charge is 2.00 e. The third kappa shape index (κ3) is 55.3. The molecule has 11 heteroatoms. The Morgan fingerprint density at radius 3 is 0.766 bits per heavy atom. The Hall–Kier alpha value is -0.334. The molecule has 276 valence electrons. The fourth-order valence-electron chi connectivity index (χ4n) is 5.26. The van der Waals surface area contributed by atoms with Gasteiger partial charge in [-0.3, -0.25) is 0 Å². The van der Waals surface area contributed by atoms with Crippen LogP contribution >= 0.6 is 0 Å². The van der Waals surface area contributed by atoms with Gasteiger partial charge in [-0.2, -0.15) is 0 Å². The summed E-state index contributed by atoms with van der Waals surface area (Å²) in [7, 11) is -9.16. The molecule has 8 nitrogen and oxygen atoms in total. The van der Waals surface area contributed by atoms with Crippen LogP contribution in [0.4, 0.5) is 0 Å². The van der Waals surface area contributed by atoms with E-state index < -0.39 is 20.8 Å². The molecule has 0 aliphatic rings. The van der Waals surface area contributed by atoms with Gasteiger partial charge in [-0.15, -0.1) is 0 Å². The van der Waals surface area contributed by atoms with Gasteiger partial charge in [0.15, 0.2) is 0 Å². The van der Waals surface area contributed by atoms with Crippen LogP contribution in [0.2, 0.25) is 0 Å². The van der Waals surface area contributed by atoms with Crippen molar-refractivity contribution in [2.45, 2.75) is 206 Å². The quantitative estimate of drug-likeness (QED) is 0.0211. The van der Waals surface area contributed by atoms with Gasteiger partial charge in [0.05, 0.1) is 0 Å². The maximum Gasteiger partial charge on any atom is 2.00 e. The number of allylic oxidation sites excluding steroid dienone is 2.